The Morgan fingerprint density at radius 1 is 1.31 bits per heavy atom. The highest BCUT2D eigenvalue weighted by Crippen LogP contribution is 2.23. The normalized spacial score (nSPS) is 12.7. The standard InChI is InChI=1S/C13H14INO/c1-2-11-6-7-12(16-11)13(15)9-4-3-5-10(14)8-9/h3-8,13H,2,15H2,1H3. The summed E-state index contributed by atoms with van der Waals surface area (Å²) in [4.78, 5) is 0. The molecule has 2 nitrogen and oxygen atoms in total. The van der Waals surface area contributed by atoms with Crippen LogP contribution < -0.4 is 5.73 Å². The van der Waals surface area contributed by atoms with Crippen molar-refractivity contribution < 1.29 is 4.42 Å². The molecule has 1 aromatic heterocycles. The molecule has 0 saturated heterocycles. The number of aryl methyl sites for hydroxylation is 1. The van der Waals surface area contributed by atoms with Crippen LogP contribution in [0.2, 0.25) is 0 Å². The maximum atomic E-state index is 6.16. The molecule has 1 heterocycles. The zero-order valence-corrected chi connectivity index (χ0v) is 11.3. The van der Waals surface area contributed by atoms with Crippen LogP contribution in [0.4, 0.5) is 0 Å². The molecule has 0 fully saturated rings. The maximum absolute atomic E-state index is 6.16. The van der Waals surface area contributed by atoms with Crippen LogP contribution in [0.15, 0.2) is 40.8 Å². The number of nitrogens with two attached hydrogens (primary N) is 1. The summed E-state index contributed by atoms with van der Waals surface area (Å²) in [6.07, 6.45) is 0.902. The van der Waals surface area contributed by atoms with Gasteiger partial charge in [0, 0.05) is 9.99 Å². The Morgan fingerprint density at radius 3 is 2.75 bits per heavy atom. The second-order valence-corrected chi connectivity index (χ2v) is 4.94. The van der Waals surface area contributed by atoms with E-state index in [0.29, 0.717) is 0 Å². The van der Waals surface area contributed by atoms with E-state index in [9.17, 15) is 0 Å². The molecule has 0 amide bonds. The maximum Gasteiger partial charge on any atom is 0.125 e. The quantitative estimate of drug-likeness (QED) is 0.877. The first kappa shape index (κ1) is 11.7. The van der Waals surface area contributed by atoms with Crippen LogP contribution >= 0.6 is 22.6 Å². The summed E-state index contributed by atoms with van der Waals surface area (Å²) in [7, 11) is 0. The van der Waals surface area contributed by atoms with Gasteiger partial charge in [0.1, 0.15) is 11.5 Å². The van der Waals surface area contributed by atoms with Gasteiger partial charge in [0.25, 0.3) is 0 Å². The summed E-state index contributed by atoms with van der Waals surface area (Å²) in [6.45, 7) is 2.07. The average Bonchev–Trinajstić information content (AvgIpc) is 2.76. The van der Waals surface area contributed by atoms with Crippen molar-refractivity contribution in [3.05, 3.63) is 57.1 Å². The van der Waals surface area contributed by atoms with Crippen LogP contribution in [0.3, 0.4) is 0 Å². The number of halogens is 1. The van der Waals surface area contributed by atoms with Crippen molar-refractivity contribution >= 4 is 22.6 Å². The molecule has 1 atom stereocenters. The van der Waals surface area contributed by atoms with Crippen LogP contribution in [0.5, 0.6) is 0 Å². The summed E-state index contributed by atoms with van der Waals surface area (Å²) < 4.78 is 6.85. The Kier molecular flexibility index (Phi) is 3.66. The molecular weight excluding hydrogens is 313 g/mol. The molecule has 84 valence electrons. The van der Waals surface area contributed by atoms with E-state index in [4.69, 9.17) is 10.2 Å². The molecule has 3 heteroatoms. The summed E-state index contributed by atoms with van der Waals surface area (Å²) >= 11 is 2.28. The third kappa shape index (κ3) is 2.47. The van der Waals surface area contributed by atoms with Gasteiger partial charge >= 0.3 is 0 Å². The lowest BCUT2D eigenvalue weighted by Gasteiger charge is -2.09. The van der Waals surface area contributed by atoms with Crippen molar-refractivity contribution in [2.24, 2.45) is 5.73 Å². The van der Waals surface area contributed by atoms with Crippen molar-refractivity contribution in [1.29, 1.82) is 0 Å². The molecule has 1 aromatic carbocycles. The first-order chi connectivity index (χ1) is 7.70. The first-order valence-electron chi connectivity index (χ1n) is 5.30. The van der Waals surface area contributed by atoms with Crippen molar-refractivity contribution in [2.75, 3.05) is 0 Å². The lowest BCUT2D eigenvalue weighted by Crippen LogP contribution is -2.10. The topological polar surface area (TPSA) is 39.2 Å². The van der Waals surface area contributed by atoms with Crippen LogP contribution in [-0.2, 0) is 6.42 Å². The first-order valence-corrected chi connectivity index (χ1v) is 6.38. The fourth-order valence-corrected chi connectivity index (χ4v) is 2.18. The van der Waals surface area contributed by atoms with Gasteiger partial charge < -0.3 is 10.2 Å². The predicted octanol–water partition coefficient (Wildman–Crippen LogP) is 3.49. The van der Waals surface area contributed by atoms with Crippen LogP contribution in [0.25, 0.3) is 0 Å². The van der Waals surface area contributed by atoms with E-state index in [1.54, 1.807) is 0 Å². The van der Waals surface area contributed by atoms with Crippen LogP contribution in [-0.4, -0.2) is 0 Å². The molecule has 2 rings (SSSR count). The van der Waals surface area contributed by atoms with E-state index >= 15 is 0 Å². The Hall–Kier alpha value is -0.810. The monoisotopic (exact) mass is 327 g/mol. The van der Waals surface area contributed by atoms with Gasteiger partial charge in [-0.3, -0.25) is 0 Å². The summed E-state index contributed by atoms with van der Waals surface area (Å²) in [5, 5.41) is 0. The molecule has 0 saturated carbocycles. The molecule has 0 aliphatic carbocycles. The molecule has 2 N–H and O–H groups in total. The van der Waals surface area contributed by atoms with E-state index in [2.05, 4.69) is 41.6 Å². The Morgan fingerprint density at radius 2 is 2.12 bits per heavy atom. The predicted molar refractivity (Wildman–Crippen MR) is 73.3 cm³/mol. The molecule has 16 heavy (non-hydrogen) atoms. The van der Waals surface area contributed by atoms with E-state index in [1.165, 1.54) is 3.57 Å². The molecule has 0 radical (unpaired) electrons. The van der Waals surface area contributed by atoms with E-state index in [0.717, 1.165) is 23.5 Å². The Balaban J connectivity index is 2.27. The zero-order valence-electron chi connectivity index (χ0n) is 9.11. The third-order valence-corrected chi connectivity index (χ3v) is 3.22. The van der Waals surface area contributed by atoms with Gasteiger partial charge in [-0.05, 0) is 52.4 Å². The largest absolute Gasteiger partial charge is 0.464 e. The van der Waals surface area contributed by atoms with Crippen molar-refractivity contribution in [1.82, 2.24) is 0 Å². The van der Waals surface area contributed by atoms with Gasteiger partial charge in [-0.25, -0.2) is 0 Å². The molecule has 1 unspecified atom stereocenters. The van der Waals surface area contributed by atoms with E-state index < -0.39 is 0 Å². The second-order valence-electron chi connectivity index (χ2n) is 3.69. The minimum Gasteiger partial charge on any atom is -0.464 e. The SMILES string of the molecule is CCc1ccc(C(N)c2cccc(I)c2)o1. The van der Waals surface area contributed by atoms with Crippen LogP contribution in [0, 0.1) is 3.57 Å². The minimum atomic E-state index is -0.171. The number of benzene rings is 1. The van der Waals surface area contributed by atoms with Gasteiger partial charge in [0.15, 0.2) is 0 Å². The molecule has 2 aromatic rings. The molecule has 0 aliphatic rings. The van der Waals surface area contributed by atoms with Crippen molar-refractivity contribution in [2.45, 2.75) is 19.4 Å². The highest BCUT2D eigenvalue weighted by molar-refractivity contribution is 14.1. The highest BCUT2D eigenvalue weighted by Gasteiger charge is 2.12. The zero-order chi connectivity index (χ0) is 11.5. The smallest absolute Gasteiger partial charge is 0.125 e. The fraction of sp³-hybridized carbons (Fsp3) is 0.231. The van der Waals surface area contributed by atoms with Gasteiger partial charge in [-0.2, -0.15) is 0 Å². The van der Waals surface area contributed by atoms with Crippen LogP contribution in [0.1, 0.15) is 30.0 Å². The molecule has 0 bridgehead atoms. The second kappa shape index (κ2) is 5.01. The van der Waals surface area contributed by atoms with Gasteiger partial charge in [0.2, 0.25) is 0 Å². The minimum absolute atomic E-state index is 0.171. The van der Waals surface area contributed by atoms with Crippen molar-refractivity contribution in [3.8, 4) is 0 Å². The fourth-order valence-electron chi connectivity index (χ4n) is 1.62. The van der Waals surface area contributed by atoms with Gasteiger partial charge in [-0.1, -0.05) is 19.1 Å². The molecule has 0 aliphatic heterocycles. The lowest BCUT2D eigenvalue weighted by molar-refractivity contribution is 0.454. The Labute approximate surface area is 109 Å². The highest BCUT2D eigenvalue weighted by atomic mass is 127. The number of furan rings is 1. The summed E-state index contributed by atoms with van der Waals surface area (Å²) in [5.41, 5.74) is 7.24. The number of hydrogen-bond donors (Lipinski definition) is 1. The van der Waals surface area contributed by atoms with E-state index in [-0.39, 0.29) is 6.04 Å². The Bertz CT molecular complexity index is 478. The third-order valence-electron chi connectivity index (χ3n) is 2.55. The molecule has 0 spiro atoms. The summed E-state index contributed by atoms with van der Waals surface area (Å²) in [5.74, 6) is 1.81. The number of rotatable bonds is 3. The van der Waals surface area contributed by atoms with Gasteiger partial charge in [0.05, 0.1) is 6.04 Å². The average molecular weight is 327 g/mol. The lowest BCUT2D eigenvalue weighted by atomic mass is 10.1. The number of hydrogen-bond acceptors (Lipinski definition) is 2. The summed E-state index contributed by atoms with van der Waals surface area (Å²) in [6, 6.07) is 12.0. The van der Waals surface area contributed by atoms with Crippen molar-refractivity contribution in [3.63, 3.8) is 0 Å². The van der Waals surface area contributed by atoms with Gasteiger partial charge in [-0.15, -0.1) is 0 Å². The van der Waals surface area contributed by atoms with E-state index in [1.807, 2.05) is 24.3 Å². The molecular formula is C13H14INO.